The number of methoxy groups -OCH3 is 4. The number of benzene rings is 2. The van der Waals surface area contributed by atoms with Gasteiger partial charge in [0, 0.05) is 25.2 Å². The maximum Gasteiger partial charge on any atom is 0.161 e. The Morgan fingerprint density at radius 3 is 1.40 bits per heavy atom. The third kappa shape index (κ3) is 5.58. The maximum atomic E-state index is 5.43. The number of nitrogens with one attached hydrogen (secondary N) is 2. The first kappa shape index (κ1) is 22.2. The minimum atomic E-state index is 0.437. The van der Waals surface area contributed by atoms with Crippen molar-refractivity contribution in [2.24, 2.45) is 0 Å². The molecule has 2 aromatic rings. The highest BCUT2D eigenvalue weighted by atomic mass is 16.5. The van der Waals surface area contributed by atoms with Gasteiger partial charge in [-0.2, -0.15) is 0 Å². The van der Waals surface area contributed by atoms with Gasteiger partial charge in [0.2, 0.25) is 0 Å². The molecule has 1 fully saturated rings. The van der Waals surface area contributed by atoms with E-state index in [2.05, 4.69) is 22.8 Å². The van der Waals surface area contributed by atoms with Crippen LogP contribution >= 0.6 is 0 Å². The highest BCUT2D eigenvalue weighted by Gasteiger charge is 2.24. The SMILES string of the molecule is COc1ccc(CN[C@@H]2CCCC[C@H]2NCc2ccc(OC)c(OC)c2)cc1OC. The highest BCUT2D eigenvalue weighted by Crippen LogP contribution is 2.29. The van der Waals surface area contributed by atoms with Crippen LogP contribution in [-0.2, 0) is 13.1 Å². The Hall–Kier alpha value is -2.44. The van der Waals surface area contributed by atoms with Crippen LogP contribution in [0.5, 0.6) is 23.0 Å². The van der Waals surface area contributed by atoms with E-state index in [-0.39, 0.29) is 0 Å². The van der Waals surface area contributed by atoms with Crippen molar-refractivity contribution in [3.05, 3.63) is 47.5 Å². The second kappa shape index (κ2) is 11.1. The summed E-state index contributed by atoms with van der Waals surface area (Å²) in [5.74, 6) is 3.05. The van der Waals surface area contributed by atoms with Gasteiger partial charge < -0.3 is 29.6 Å². The molecule has 3 rings (SSSR count). The lowest BCUT2D eigenvalue weighted by molar-refractivity contribution is 0.280. The molecule has 0 radical (unpaired) electrons. The highest BCUT2D eigenvalue weighted by molar-refractivity contribution is 5.43. The molecule has 0 heterocycles. The van der Waals surface area contributed by atoms with E-state index < -0.39 is 0 Å². The minimum Gasteiger partial charge on any atom is -0.493 e. The molecule has 1 aliphatic rings. The van der Waals surface area contributed by atoms with Crippen molar-refractivity contribution in [3.8, 4) is 23.0 Å². The monoisotopic (exact) mass is 414 g/mol. The summed E-state index contributed by atoms with van der Waals surface area (Å²) in [6.45, 7) is 1.61. The van der Waals surface area contributed by atoms with Crippen molar-refractivity contribution >= 4 is 0 Å². The van der Waals surface area contributed by atoms with Gasteiger partial charge in [-0.05, 0) is 48.2 Å². The number of hydrogen-bond donors (Lipinski definition) is 2. The van der Waals surface area contributed by atoms with Crippen LogP contribution in [0, 0.1) is 0 Å². The molecule has 6 heteroatoms. The molecule has 2 atom stereocenters. The summed E-state index contributed by atoms with van der Waals surface area (Å²) in [5, 5.41) is 7.50. The van der Waals surface area contributed by atoms with E-state index in [1.165, 1.54) is 36.8 Å². The lowest BCUT2D eigenvalue weighted by atomic mass is 9.90. The first-order chi connectivity index (χ1) is 14.7. The van der Waals surface area contributed by atoms with Gasteiger partial charge in [-0.3, -0.25) is 0 Å². The Kier molecular flexibility index (Phi) is 8.22. The number of rotatable bonds is 10. The predicted octanol–water partition coefficient (Wildman–Crippen LogP) is 3.91. The van der Waals surface area contributed by atoms with Crippen LogP contribution < -0.4 is 29.6 Å². The van der Waals surface area contributed by atoms with Crippen LogP contribution in [0.1, 0.15) is 36.8 Å². The summed E-state index contributed by atoms with van der Waals surface area (Å²) in [6, 6.07) is 13.1. The van der Waals surface area contributed by atoms with Crippen molar-refractivity contribution in [1.29, 1.82) is 0 Å². The van der Waals surface area contributed by atoms with Crippen LogP contribution in [-0.4, -0.2) is 40.5 Å². The molecular formula is C24H34N2O4. The fourth-order valence-electron chi connectivity index (χ4n) is 4.10. The van der Waals surface area contributed by atoms with Crippen LogP contribution in [0.25, 0.3) is 0 Å². The largest absolute Gasteiger partial charge is 0.493 e. The van der Waals surface area contributed by atoms with Gasteiger partial charge >= 0.3 is 0 Å². The molecule has 2 N–H and O–H groups in total. The Morgan fingerprint density at radius 1 is 0.633 bits per heavy atom. The van der Waals surface area contributed by atoms with Crippen molar-refractivity contribution in [1.82, 2.24) is 10.6 Å². The minimum absolute atomic E-state index is 0.437. The van der Waals surface area contributed by atoms with E-state index in [0.717, 1.165) is 36.1 Å². The van der Waals surface area contributed by atoms with Crippen LogP contribution in [0.15, 0.2) is 36.4 Å². The van der Waals surface area contributed by atoms with Gasteiger partial charge in [0.25, 0.3) is 0 Å². The molecule has 0 saturated heterocycles. The number of hydrogen-bond acceptors (Lipinski definition) is 6. The topological polar surface area (TPSA) is 61.0 Å². The lowest BCUT2D eigenvalue weighted by Crippen LogP contribution is -2.49. The smallest absolute Gasteiger partial charge is 0.161 e. The molecule has 1 saturated carbocycles. The zero-order valence-corrected chi connectivity index (χ0v) is 18.5. The fourth-order valence-corrected chi connectivity index (χ4v) is 4.10. The average Bonchev–Trinajstić information content (AvgIpc) is 2.81. The van der Waals surface area contributed by atoms with E-state index >= 15 is 0 Å². The Bertz CT molecular complexity index is 744. The molecule has 2 aromatic carbocycles. The zero-order valence-electron chi connectivity index (χ0n) is 18.5. The molecule has 1 aliphatic carbocycles. The summed E-state index contributed by atoms with van der Waals surface area (Å²) >= 11 is 0. The van der Waals surface area contributed by atoms with E-state index in [0.29, 0.717) is 12.1 Å². The van der Waals surface area contributed by atoms with E-state index in [1.54, 1.807) is 28.4 Å². The van der Waals surface area contributed by atoms with Gasteiger partial charge in [-0.25, -0.2) is 0 Å². The van der Waals surface area contributed by atoms with Gasteiger partial charge in [-0.15, -0.1) is 0 Å². The molecule has 0 amide bonds. The Morgan fingerprint density at radius 2 is 1.03 bits per heavy atom. The van der Waals surface area contributed by atoms with Crippen LogP contribution in [0.4, 0.5) is 0 Å². The second-order valence-corrected chi connectivity index (χ2v) is 7.64. The summed E-state index contributed by atoms with van der Waals surface area (Å²) < 4.78 is 21.5. The van der Waals surface area contributed by atoms with Gasteiger partial charge in [0.05, 0.1) is 28.4 Å². The Labute approximate surface area is 179 Å². The van der Waals surface area contributed by atoms with Gasteiger partial charge in [0.15, 0.2) is 23.0 Å². The molecule has 0 unspecified atom stereocenters. The molecule has 0 spiro atoms. The molecule has 0 bridgehead atoms. The molecule has 6 nitrogen and oxygen atoms in total. The zero-order chi connectivity index (χ0) is 21.3. The van der Waals surface area contributed by atoms with E-state index in [9.17, 15) is 0 Å². The molecular weight excluding hydrogens is 380 g/mol. The normalized spacial score (nSPS) is 18.7. The first-order valence-corrected chi connectivity index (χ1v) is 10.6. The number of ether oxygens (including phenoxy) is 4. The molecule has 0 aliphatic heterocycles. The summed E-state index contributed by atoms with van der Waals surface area (Å²) in [5.41, 5.74) is 2.38. The standard InChI is InChI=1S/C24H34N2O4/c1-27-21-11-9-17(13-23(21)29-3)15-25-19-7-5-6-8-20(19)26-16-18-10-12-22(28-2)24(14-18)30-4/h9-14,19-20,25-26H,5-8,15-16H2,1-4H3/t19-,20-/m1/s1. The average molecular weight is 415 g/mol. The van der Waals surface area contributed by atoms with E-state index in [4.69, 9.17) is 18.9 Å². The van der Waals surface area contributed by atoms with Crippen LogP contribution in [0.3, 0.4) is 0 Å². The third-order valence-corrected chi connectivity index (χ3v) is 5.80. The third-order valence-electron chi connectivity index (χ3n) is 5.80. The second-order valence-electron chi connectivity index (χ2n) is 7.64. The molecule has 164 valence electrons. The predicted molar refractivity (Wildman–Crippen MR) is 119 cm³/mol. The first-order valence-electron chi connectivity index (χ1n) is 10.6. The van der Waals surface area contributed by atoms with Crippen LogP contribution in [0.2, 0.25) is 0 Å². The molecule has 0 aromatic heterocycles. The van der Waals surface area contributed by atoms with Crippen molar-refractivity contribution in [2.75, 3.05) is 28.4 Å². The summed E-state index contributed by atoms with van der Waals surface area (Å²) in [7, 11) is 6.66. The lowest BCUT2D eigenvalue weighted by Gasteiger charge is -2.33. The summed E-state index contributed by atoms with van der Waals surface area (Å²) in [6.07, 6.45) is 4.88. The maximum absolute atomic E-state index is 5.43. The van der Waals surface area contributed by atoms with E-state index in [1.807, 2.05) is 24.3 Å². The quantitative estimate of drug-likeness (QED) is 0.615. The van der Waals surface area contributed by atoms with Crippen molar-refractivity contribution in [3.63, 3.8) is 0 Å². The molecule has 30 heavy (non-hydrogen) atoms. The van der Waals surface area contributed by atoms with Gasteiger partial charge in [0.1, 0.15) is 0 Å². The Balaban J connectivity index is 1.58. The van der Waals surface area contributed by atoms with Gasteiger partial charge in [-0.1, -0.05) is 25.0 Å². The fraction of sp³-hybridized carbons (Fsp3) is 0.500. The van der Waals surface area contributed by atoms with Crippen molar-refractivity contribution < 1.29 is 18.9 Å². The summed E-state index contributed by atoms with van der Waals surface area (Å²) in [4.78, 5) is 0. The van der Waals surface area contributed by atoms with Crippen molar-refractivity contribution in [2.45, 2.75) is 50.9 Å².